The second-order valence-corrected chi connectivity index (χ2v) is 5.54. The van der Waals surface area contributed by atoms with Gasteiger partial charge in [-0.05, 0) is 23.6 Å². The summed E-state index contributed by atoms with van der Waals surface area (Å²) in [6, 6.07) is 18.4. The lowest BCUT2D eigenvalue weighted by atomic mass is 10.0. The number of fused-ring (bicyclic) bond motifs is 1. The van der Waals surface area contributed by atoms with Gasteiger partial charge in [0.05, 0.1) is 0 Å². The van der Waals surface area contributed by atoms with Crippen LogP contribution >= 0.6 is 0 Å². The molecule has 0 fully saturated rings. The standard InChI is InChI=1S/C18H20N2O/c1-14-13-20(17-10-6-5-9-16(14)17)18(21)19-12-11-15-7-3-2-4-8-15/h2-10,14H,11-13H2,1H3,(H,19,21). The topological polar surface area (TPSA) is 32.3 Å². The minimum Gasteiger partial charge on any atom is -0.337 e. The Morgan fingerprint density at radius 2 is 1.86 bits per heavy atom. The minimum absolute atomic E-state index is 0.00253. The Morgan fingerprint density at radius 1 is 1.14 bits per heavy atom. The summed E-state index contributed by atoms with van der Waals surface area (Å²) in [6.45, 7) is 3.59. The molecule has 2 aromatic carbocycles. The molecule has 1 aliphatic heterocycles. The molecule has 2 aromatic rings. The van der Waals surface area contributed by atoms with Crippen LogP contribution in [0.4, 0.5) is 10.5 Å². The van der Waals surface area contributed by atoms with Crippen molar-refractivity contribution >= 4 is 11.7 Å². The average Bonchev–Trinajstić information content (AvgIpc) is 2.86. The maximum absolute atomic E-state index is 12.4. The Morgan fingerprint density at radius 3 is 2.67 bits per heavy atom. The highest BCUT2D eigenvalue weighted by Crippen LogP contribution is 2.35. The lowest BCUT2D eigenvalue weighted by Crippen LogP contribution is -2.40. The molecule has 1 N–H and O–H groups in total. The first kappa shape index (κ1) is 13.7. The van der Waals surface area contributed by atoms with Crippen LogP contribution in [0.2, 0.25) is 0 Å². The molecular weight excluding hydrogens is 260 g/mol. The first-order chi connectivity index (χ1) is 10.3. The second-order valence-electron chi connectivity index (χ2n) is 5.54. The molecule has 0 radical (unpaired) electrons. The number of nitrogens with zero attached hydrogens (tertiary/aromatic N) is 1. The third kappa shape index (κ3) is 2.92. The summed E-state index contributed by atoms with van der Waals surface area (Å²) in [7, 11) is 0. The molecule has 0 saturated carbocycles. The molecule has 3 nitrogen and oxygen atoms in total. The highest BCUT2D eigenvalue weighted by Gasteiger charge is 2.28. The van der Waals surface area contributed by atoms with Crippen LogP contribution in [0, 0.1) is 0 Å². The first-order valence-electron chi connectivity index (χ1n) is 7.44. The summed E-state index contributed by atoms with van der Waals surface area (Å²) in [5.41, 5.74) is 3.55. The van der Waals surface area contributed by atoms with Crippen LogP contribution in [0.25, 0.3) is 0 Å². The fourth-order valence-corrected chi connectivity index (χ4v) is 2.87. The van der Waals surface area contributed by atoms with Gasteiger partial charge in [-0.2, -0.15) is 0 Å². The zero-order valence-corrected chi connectivity index (χ0v) is 12.3. The zero-order chi connectivity index (χ0) is 14.7. The van der Waals surface area contributed by atoms with Crippen LogP contribution in [0.1, 0.15) is 24.0 Å². The molecule has 0 spiro atoms. The van der Waals surface area contributed by atoms with Crippen LogP contribution in [0.15, 0.2) is 54.6 Å². The highest BCUT2D eigenvalue weighted by molar-refractivity contribution is 5.94. The number of benzene rings is 2. The van der Waals surface area contributed by atoms with Gasteiger partial charge in [0.2, 0.25) is 0 Å². The lowest BCUT2D eigenvalue weighted by molar-refractivity contribution is 0.246. The second kappa shape index (κ2) is 6.00. The molecule has 0 saturated heterocycles. The van der Waals surface area contributed by atoms with E-state index in [-0.39, 0.29) is 6.03 Å². The summed E-state index contributed by atoms with van der Waals surface area (Å²) in [5, 5.41) is 3.02. The van der Waals surface area contributed by atoms with E-state index in [2.05, 4.69) is 30.4 Å². The number of urea groups is 1. The molecule has 2 amide bonds. The number of rotatable bonds is 3. The molecule has 1 atom stereocenters. The van der Waals surface area contributed by atoms with E-state index in [4.69, 9.17) is 0 Å². The molecule has 0 aromatic heterocycles. The summed E-state index contributed by atoms with van der Waals surface area (Å²) in [4.78, 5) is 14.2. The van der Waals surface area contributed by atoms with Gasteiger partial charge < -0.3 is 5.32 Å². The van der Waals surface area contributed by atoms with Crippen LogP contribution < -0.4 is 10.2 Å². The molecular formula is C18H20N2O. The largest absolute Gasteiger partial charge is 0.337 e. The minimum atomic E-state index is 0.00253. The molecule has 108 valence electrons. The van der Waals surface area contributed by atoms with Crippen molar-refractivity contribution in [2.45, 2.75) is 19.3 Å². The molecule has 1 aliphatic rings. The van der Waals surface area contributed by atoms with Crippen molar-refractivity contribution in [3.63, 3.8) is 0 Å². The van der Waals surface area contributed by atoms with E-state index in [9.17, 15) is 4.79 Å². The quantitative estimate of drug-likeness (QED) is 0.916. The van der Waals surface area contributed by atoms with Gasteiger partial charge >= 0.3 is 6.03 Å². The third-order valence-electron chi connectivity index (χ3n) is 3.99. The number of amides is 2. The Balaban J connectivity index is 1.60. The Labute approximate surface area is 125 Å². The summed E-state index contributed by atoms with van der Waals surface area (Å²) in [6.07, 6.45) is 0.859. The van der Waals surface area contributed by atoms with E-state index in [0.717, 1.165) is 18.7 Å². The van der Waals surface area contributed by atoms with Gasteiger partial charge in [0, 0.05) is 24.7 Å². The predicted octanol–water partition coefficient (Wildman–Crippen LogP) is 3.56. The number of hydrogen-bond acceptors (Lipinski definition) is 1. The number of carbonyl (C=O) groups excluding carboxylic acids is 1. The zero-order valence-electron chi connectivity index (χ0n) is 12.3. The van der Waals surface area contributed by atoms with E-state index in [1.807, 2.05) is 41.3 Å². The summed E-state index contributed by atoms with van der Waals surface area (Å²) in [5.74, 6) is 0.404. The van der Waals surface area contributed by atoms with Crippen LogP contribution in [-0.2, 0) is 6.42 Å². The fraction of sp³-hybridized carbons (Fsp3) is 0.278. The van der Waals surface area contributed by atoms with Gasteiger partial charge in [0.1, 0.15) is 0 Å². The smallest absolute Gasteiger partial charge is 0.321 e. The normalized spacial score (nSPS) is 16.6. The number of para-hydroxylation sites is 1. The van der Waals surface area contributed by atoms with Gasteiger partial charge in [-0.3, -0.25) is 4.90 Å². The van der Waals surface area contributed by atoms with Crippen molar-refractivity contribution in [2.24, 2.45) is 0 Å². The van der Waals surface area contributed by atoms with Crippen LogP contribution in [0.5, 0.6) is 0 Å². The van der Waals surface area contributed by atoms with E-state index >= 15 is 0 Å². The lowest BCUT2D eigenvalue weighted by Gasteiger charge is -2.18. The molecule has 1 unspecified atom stereocenters. The van der Waals surface area contributed by atoms with E-state index in [1.165, 1.54) is 11.1 Å². The van der Waals surface area contributed by atoms with Crippen molar-refractivity contribution in [3.8, 4) is 0 Å². The van der Waals surface area contributed by atoms with Crippen LogP contribution in [0.3, 0.4) is 0 Å². The van der Waals surface area contributed by atoms with E-state index < -0.39 is 0 Å². The maximum atomic E-state index is 12.4. The number of anilines is 1. The number of nitrogens with one attached hydrogen (secondary N) is 1. The van der Waals surface area contributed by atoms with Crippen molar-refractivity contribution in [1.29, 1.82) is 0 Å². The average molecular weight is 280 g/mol. The van der Waals surface area contributed by atoms with Crippen molar-refractivity contribution in [2.75, 3.05) is 18.0 Å². The predicted molar refractivity (Wildman–Crippen MR) is 85.7 cm³/mol. The van der Waals surface area contributed by atoms with Crippen molar-refractivity contribution < 1.29 is 4.79 Å². The monoisotopic (exact) mass is 280 g/mol. The van der Waals surface area contributed by atoms with Crippen LogP contribution in [-0.4, -0.2) is 19.1 Å². The van der Waals surface area contributed by atoms with Gasteiger partial charge in [-0.15, -0.1) is 0 Å². The van der Waals surface area contributed by atoms with Gasteiger partial charge in [0.15, 0.2) is 0 Å². The fourth-order valence-electron chi connectivity index (χ4n) is 2.87. The third-order valence-corrected chi connectivity index (χ3v) is 3.99. The molecule has 3 rings (SSSR count). The maximum Gasteiger partial charge on any atom is 0.321 e. The molecule has 3 heteroatoms. The van der Waals surface area contributed by atoms with Gasteiger partial charge in [0.25, 0.3) is 0 Å². The molecule has 0 bridgehead atoms. The van der Waals surface area contributed by atoms with Crippen molar-refractivity contribution in [3.05, 3.63) is 65.7 Å². The molecule has 21 heavy (non-hydrogen) atoms. The summed E-state index contributed by atoms with van der Waals surface area (Å²) >= 11 is 0. The Bertz CT molecular complexity index is 624. The van der Waals surface area contributed by atoms with E-state index in [0.29, 0.717) is 12.5 Å². The first-order valence-corrected chi connectivity index (χ1v) is 7.44. The summed E-state index contributed by atoms with van der Waals surface area (Å²) < 4.78 is 0. The van der Waals surface area contributed by atoms with Gasteiger partial charge in [-0.25, -0.2) is 4.79 Å². The number of hydrogen-bond donors (Lipinski definition) is 1. The number of carbonyl (C=O) groups is 1. The SMILES string of the molecule is CC1CN(C(=O)NCCc2ccccc2)c2ccccc21. The Kier molecular flexibility index (Phi) is 3.91. The van der Waals surface area contributed by atoms with Gasteiger partial charge in [-0.1, -0.05) is 55.5 Å². The van der Waals surface area contributed by atoms with E-state index in [1.54, 1.807) is 0 Å². The highest BCUT2D eigenvalue weighted by atomic mass is 16.2. The Hall–Kier alpha value is -2.29. The van der Waals surface area contributed by atoms with Crippen molar-refractivity contribution in [1.82, 2.24) is 5.32 Å². The molecule has 0 aliphatic carbocycles. The molecule has 1 heterocycles.